The van der Waals surface area contributed by atoms with Crippen LogP contribution in [0.1, 0.15) is 0 Å². The first-order valence-corrected chi connectivity index (χ1v) is 6.60. The monoisotopic (exact) mass is 140 g/mol. The summed E-state index contributed by atoms with van der Waals surface area (Å²) in [6.45, 7) is 0. The van der Waals surface area contributed by atoms with Crippen molar-refractivity contribution in [3.05, 3.63) is 17.5 Å². The third-order valence-electron chi connectivity index (χ3n) is 1.11. The van der Waals surface area contributed by atoms with Crippen LogP contribution >= 0.6 is 11.3 Å². The van der Waals surface area contributed by atoms with E-state index in [1.807, 2.05) is 11.3 Å². The molecule has 0 saturated carbocycles. The SMILES string of the molecule is [CH3][Al]([CH3])[c]1cccs1. The Morgan fingerprint density at radius 3 is 2.50 bits per heavy atom. The van der Waals surface area contributed by atoms with Gasteiger partial charge < -0.3 is 0 Å². The Hall–Kier alpha value is 0.232. The molecule has 1 rings (SSSR count). The zero-order chi connectivity index (χ0) is 5.98. The number of hydrogen-bond donors (Lipinski definition) is 0. The largest absolute Gasteiger partial charge is 0.316 e. The first-order valence-electron chi connectivity index (χ1n) is 2.84. The Labute approximate surface area is 58.6 Å². The zero-order valence-electron chi connectivity index (χ0n) is 5.22. The van der Waals surface area contributed by atoms with Gasteiger partial charge in [0.05, 0.1) is 0 Å². The normalized spacial score (nSPS) is 9.25. The summed E-state index contributed by atoms with van der Waals surface area (Å²) >= 11 is 1.43. The Balaban J connectivity index is 2.77. The molecule has 0 aromatic carbocycles. The van der Waals surface area contributed by atoms with Gasteiger partial charge in [0.2, 0.25) is 0 Å². The smallest absolute Gasteiger partial charge is 0.167 e. The highest BCUT2D eigenvalue weighted by Gasteiger charge is 2.04. The quantitative estimate of drug-likeness (QED) is 0.521. The molecule has 0 atom stereocenters. The summed E-state index contributed by atoms with van der Waals surface area (Å²) < 4.78 is 1.62. The lowest BCUT2D eigenvalue weighted by atomic mass is 10.7. The van der Waals surface area contributed by atoms with E-state index in [0.29, 0.717) is 0 Å². The minimum atomic E-state index is -0.461. The van der Waals surface area contributed by atoms with E-state index in [9.17, 15) is 0 Å². The van der Waals surface area contributed by atoms with Gasteiger partial charge in [0, 0.05) is 0 Å². The fraction of sp³-hybridized carbons (Fsp3) is 0.333. The molecule has 0 aliphatic heterocycles. The van der Waals surface area contributed by atoms with Gasteiger partial charge in [-0.25, -0.2) is 0 Å². The van der Waals surface area contributed by atoms with Crippen LogP contribution in [0.4, 0.5) is 0 Å². The summed E-state index contributed by atoms with van der Waals surface area (Å²) in [6, 6.07) is 4.37. The van der Waals surface area contributed by atoms with Crippen molar-refractivity contribution in [2.45, 2.75) is 11.6 Å². The van der Waals surface area contributed by atoms with Crippen LogP contribution in [0.15, 0.2) is 17.5 Å². The number of thiophene rings is 1. The lowest BCUT2D eigenvalue weighted by Crippen LogP contribution is -2.17. The van der Waals surface area contributed by atoms with Gasteiger partial charge in [0.1, 0.15) is 0 Å². The van der Waals surface area contributed by atoms with E-state index in [4.69, 9.17) is 0 Å². The van der Waals surface area contributed by atoms with Gasteiger partial charge in [-0.05, 0) is 5.38 Å². The van der Waals surface area contributed by atoms with E-state index in [-0.39, 0.29) is 0 Å². The molecule has 0 bridgehead atoms. The Bertz CT molecular complexity index is 144. The Morgan fingerprint density at radius 1 is 1.50 bits per heavy atom. The molecule has 1 heterocycles. The third-order valence-corrected chi connectivity index (χ3v) is 4.97. The van der Waals surface area contributed by atoms with E-state index in [0.717, 1.165) is 0 Å². The molecular weight excluding hydrogens is 131 g/mol. The van der Waals surface area contributed by atoms with Crippen molar-refractivity contribution in [2.24, 2.45) is 0 Å². The first-order chi connectivity index (χ1) is 3.80. The van der Waals surface area contributed by atoms with Crippen LogP contribution in [-0.2, 0) is 0 Å². The van der Waals surface area contributed by atoms with Crippen LogP contribution in [0.3, 0.4) is 0 Å². The van der Waals surface area contributed by atoms with E-state index < -0.39 is 14.1 Å². The maximum atomic E-state index is 2.35. The van der Waals surface area contributed by atoms with Crippen LogP contribution in [0.25, 0.3) is 0 Å². The van der Waals surface area contributed by atoms with Crippen LogP contribution < -0.4 is 3.74 Å². The maximum Gasteiger partial charge on any atom is 0.316 e. The molecule has 0 fully saturated rings. The van der Waals surface area contributed by atoms with Crippen molar-refractivity contribution in [3.63, 3.8) is 0 Å². The molecule has 0 nitrogen and oxygen atoms in total. The molecule has 8 heavy (non-hydrogen) atoms. The summed E-state index contributed by atoms with van der Waals surface area (Å²) in [7, 11) is 0. The molecule has 0 spiro atoms. The van der Waals surface area contributed by atoms with Crippen LogP contribution in [-0.4, -0.2) is 14.1 Å². The van der Waals surface area contributed by atoms with Crippen LogP contribution in [0.5, 0.6) is 0 Å². The van der Waals surface area contributed by atoms with Crippen molar-refractivity contribution in [3.8, 4) is 0 Å². The number of hydrogen-bond acceptors (Lipinski definition) is 1. The number of rotatable bonds is 1. The molecule has 0 unspecified atom stereocenters. The summed E-state index contributed by atoms with van der Waals surface area (Å²) in [5.74, 6) is 4.71. The first kappa shape index (κ1) is 6.35. The molecule has 1 aromatic heterocycles. The van der Waals surface area contributed by atoms with E-state index in [2.05, 4.69) is 29.1 Å². The topological polar surface area (TPSA) is 0 Å². The molecule has 42 valence electrons. The molecule has 0 radical (unpaired) electrons. The highest BCUT2D eigenvalue weighted by molar-refractivity contribution is 7.21. The van der Waals surface area contributed by atoms with Crippen molar-refractivity contribution >= 4 is 29.2 Å². The molecule has 2 heteroatoms. The van der Waals surface area contributed by atoms with Gasteiger partial charge in [-0.3, -0.25) is 0 Å². The van der Waals surface area contributed by atoms with Gasteiger partial charge in [-0.15, -0.1) is 11.6 Å². The summed E-state index contributed by atoms with van der Waals surface area (Å²) in [4.78, 5) is 0. The Kier molecular flexibility index (Phi) is 2.13. The van der Waals surface area contributed by atoms with Crippen LogP contribution in [0.2, 0.25) is 11.6 Å². The summed E-state index contributed by atoms with van der Waals surface area (Å²) in [5.41, 5.74) is 0. The molecule has 0 N–H and O–H groups in total. The molecule has 0 saturated heterocycles. The molecular formula is C6H9AlS. The molecule has 0 amide bonds. The lowest BCUT2D eigenvalue weighted by Gasteiger charge is -1.88. The fourth-order valence-electron chi connectivity index (χ4n) is 0.620. The van der Waals surface area contributed by atoms with E-state index in [1.165, 1.54) is 0 Å². The second-order valence-electron chi connectivity index (χ2n) is 2.17. The van der Waals surface area contributed by atoms with Gasteiger partial charge >= 0.3 is 14.1 Å². The minimum Gasteiger partial charge on any atom is -0.167 e. The molecule has 1 aromatic rings. The highest BCUT2D eigenvalue weighted by Crippen LogP contribution is 1.95. The maximum absolute atomic E-state index is 2.35. The minimum absolute atomic E-state index is 0.461. The van der Waals surface area contributed by atoms with Gasteiger partial charge in [0.15, 0.2) is 0 Å². The van der Waals surface area contributed by atoms with Crippen molar-refractivity contribution in [1.82, 2.24) is 0 Å². The van der Waals surface area contributed by atoms with Crippen molar-refractivity contribution in [2.75, 3.05) is 0 Å². The average molecular weight is 140 g/mol. The van der Waals surface area contributed by atoms with Crippen molar-refractivity contribution in [1.29, 1.82) is 0 Å². The van der Waals surface area contributed by atoms with Crippen molar-refractivity contribution < 1.29 is 0 Å². The van der Waals surface area contributed by atoms with Gasteiger partial charge in [-0.2, -0.15) is 11.3 Å². The summed E-state index contributed by atoms with van der Waals surface area (Å²) in [5, 5.41) is 2.16. The second-order valence-corrected chi connectivity index (χ2v) is 6.50. The molecule has 0 aliphatic carbocycles. The highest BCUT2D eigenvalue weighted by atomic mass is 32.1. The second kappa shape index (κ2) is 2.68. The average Bonchev–Trinajstić information content (AvgIpc) is 2.12. The lowest BCUT2D eigenvalue weighted by molar-refractivity contribution is 1.97. The van der Waals surface area contributed by atoms with E-state index in [1.54, 1.807) is 3.74 Å². The predicted octanol–water partition coefficient (Wildman–Crippen LogP) is 1.71. The van der Waals surface area contributed by atoms with Gasteiger partial charge in [0.25, 0.3) is 0 Å². The van der Waals surface area contributed by atoms with E-state index >= 15 is 0 Å². The predicted molar refractivity (Wildman–Crippen MR) is 41.4 cm³/mol. The van der Waals surface area contributed by atoms with Crippen LogP contribution in [0, 0.1) is 0 Å². The standard InChI is InChI=1S/C4H3S.2CH3.Al/c1-2-4-5-3-1;;;/h1-3H;2*1H3;. The molecule has 0 aliphatic rings. The third kappa shape index (κ3) is 1.35. The summed E-state index contributed by atoms with van der Waals surface area (Å²) in [6.07, 6.45) is 0. The zero-order valence-corrected chi connectivity index (χ0v) is 7.19. The van der Waals surface area contributed by atoms with Gasteiger partial charge in [-0.1, -0.05) is 15.9 Å². The fourth-order valence-corrected chi connectivity index (χ4v) is 2.91. The Morgan fingerprint density at radius 2 is 2.25 bits per heavy atom.